The van der Waals surface area contributed by atoms with Crippen LogP contribution in [0.4, 0.5) is 5.69 Å². The van der Waals surface area contributed by atoms with Crippen LogP contribution in [0.25, 0.3) is 0 Å². The summed E-state index contributed by atoms with van der Waals surface area (Å²) >= 11 is 7.90. The fourth-order valence-electron chi connectivity index (χ4n) is 2.69. The van der Waals surface area contributed by atoms with Gasteiger partial charge in [0.15, 0.2) is 0 Å². The summed E-state index contributed by atoms with van der Waals surface area (Å²) in [6, 6.07) is 18.8. The summed E-state index contributed by atoms with van der Waals surface area (Å²) in [6.07, 6.45) is 0. The highest BCUT2D eigenvalue weighted by Gasteiger charge is 2.16. The van der Waals surface area contributed by atoms with Crippen LogP contribution in [-0.4, -0.2) is 43.4 Å². The number of rotatable bonds is 5. The molecule has 4 heteroatoms. The molecule has 1 fully saturated rings. The molecule has 0 spiro atoms. The smallest absolute Gasteiger partial charge is 0.0407 e. The largest absolute Gasteiger partial charge is 0.369 e. The third-order valence-electron chi connectivity index (χ3n) is 3.98. The third kappa shape index (κ3) is 4.42. The first-order valence-corrected chi connectivity index (χ1v) is 9.08. The van der Waals surface area contributed by atoms with Gasteiger partial charge in [0.05, 0.1) is 0 Å². The minimum atomic E-state index is 0.806. The zero-order valence-corrected chi connectivity index (χ0v) is 14.2. The molecule has 2 nitrogen and oxygen atoms in total. The number of thioether (sulfide) groups is 1. The molecule has 0 N–H and O–H groups in total. The van der Waals surface area contributed by atoms with Crippen molar-refractivity contribution in [1.29, 1.82) is 0 Å². The van der Waals surface area contributed by atoms with E-state index in [0.29, 0.717) is 0 Å². The molecule has 2 aromatic carbocycles. The molecule has 1 heterocycles. The molecule has 0 amide bonds. The number of benzene rings is 2. The van der Waals surface area contributed by atoms with Gasteiger partial charge in [-0.25, -0.2) is 0 Å². The molecule has 1 aliphatic heterocycles. The second kappa shape index (κ2) is 7.91. The van der Waals surface area contributed by atoms with E-state index in [1.54, 1.807) is 0 Å². The molecule has 0 saturated carbocycles. The minimum absolute atomic E-state index is 0.806. The lowest BCUT2D eigenvalue weighted by molar-refractivity contribution is 0.273. The average Bonchev–Trinajstić information content (AvgIpc) is 2.57. The predicted molar refractivity (Wildman–Crippen MR) is 97.3 cm³/mol. The Hall–Kier alpha value is -1.16. The maximum Gasteiger partial charge on any atom is 0.0407 e. The zero-order valence-electron chi connectivity index (χ0n) is 12.6. The van der Waals surface area contributed by atoms with Crippen LogP contribution in [0.3, 0.4) is 0 Å². The molecule has 3 rings (SSSR count). The molecule has 0 radical (unpaired) electrons. The quantitative estimate of drug-likeness (QED) is 0.756. The van der Waals surface area contributed by atoms with Crippen LogP contribution in [0.15, 0.2) is 59.5 Å². The Morgan fingerprint density at radius 3 is 2.23 bits per heavy atom. The van der Waals surface area contributed by atoms with Crippen molar-refractivity contribution in [3.05, 3.63) is 59.6 Å². The van der Waals surface area contributed by atoms with Gasteiger partial charge in [-0.1, -0.05) is 29.8 Å². The van der Waals surface area contributed by atoms with E-state index in [9.17, 15) is 0 Å². The fourth-order valence-corrected chi connectivity index (χ4v) is 3.75. The summed E-state index contributed by atoms with van der Waals surface area (Å²) in [5.74, 6) is 1.16. The van der Waals surface area contributed by atoms with Gasteiger partial charge in [0, 0.05) is 54.1 Å². The molecule has 1 aliphatic rings. The second-order valence-electron chi connectivity index (χ2n) is 5.47. The fraction of sp³-hybridized carbons (Fsp3) is 0.333. The predicted octanol–water partition coefficient (Wildman–Crippen LogP) is 4.25. The monoisotopic (exact) mass is 332 g/mol. The van der Waals surface area contributed by atoms with Crippen LogP contribution in [0.1, 0.15) is 0 Å². The van der Waals surface area contributed by atoms with E-state index in [1.807, 2.05) is 23.9 Å². The van der Waals surface area contributed by atoms with Crippen molar-refractivity contribution in [3.63, 3.8) is 0 Å². The molecule has 22 heavy (non-hydrogen) atoms. The van der Waals surface area contributed by atoms with Gasteiger partial charge in [-0.15, -0.1) is 11.8 Å². The Kier molecular flexibility index (Phi) is 5.65. The number of anilines is 1. The third-order valence-corrected chi connectivity index (χ3v) is 5.23. The molecule has 1 saturated heterocycles. The maximum absolute atomic E-state index is 5.95. The minimum Gasteiger partial charge on any atom is -0.369 e. The topological polar surface area (TPSA) is 6.48 Å². The molecule has 0 bridgehead atoms. The summed E-state index contributed by atoms with van der Waals surface area (Å²) in [5.41, 5.74) is 1.28. The van der Waals surface area contributed by atoms with E-state index in [2.05, 4.69) is 52.3 Å². The first-order chi connectivity index (χ1) is 10.8. The van der Waals surface area contributed by atoms with Gasteiger partial charge in [-0.2, -0.15) is 0 Å². The van der Waals surface area contributed by atoms with Crippen LogP contribution >= 0.6 is 23.4 Å². The zero-order chi connectivity index (χ0) is 15.2. The van der Waals surface area contributed by atoms with E-state index in [0.717, 1.165) is 43.5 Å². The average molecular weight is 333 g/mol. The number of nitrogens with zero attached hydrogens (tertiary/aromatic N) is 2. The highest BCUT2D eigenvalue weighted by Crippen LogP contribution is 2.20. The summed E-state index contributed by atoms with van der Waals surface area (Å²) in [5, 5.41) is 0.806. The highest BCUT2D eigenvalue weighted by molar-refractivity contribution is 7.99. The summed E-state index contributed by atoms with van der Waals surface area (Å²) in [6.45, 7) is 5.62. The number of hydrogen-bond acceptors (Lipinski definition) is 3. The molecule has 0 unspecified atom stereocenters. The van der Waals surface area contributed by atoms with Gasteiger partial charge in [-0.05, 0) is 36.4 Å². The van der Waals surface area contributed by atoms with E-state index in [1.165, 1.54) is 10.6 Å². The van der Waals surface area contributed by atoms with E-state index >= 15 is 0 Å². The van der Waals surface area contributed by atoms with E-state index in [-0.39, 0.29) is 0 Å². The maximum atomic E-state index is 5.95. The van der Waals surface area contributed by atoms with Gasteiger partial charge < -0.3 is 4.90 Å². The van der Waals surface area contributed by atoms with Gasteiger partial charge in [0.2, 0.25) is 0 Å². The van der Waals surface area contributed by atoms with Crippen LogP contribution in [-0.2, 0) is 0 Å². The first kappa shape index (κ1) is 15.7. The van der Waals surface area contributed by atoms with Gasteiger partial charge in [0.1, 0.15) is 0 Å². The van der Waals surface area contributed by atoms with Gasteiger partial charge >= 0.3 is 0 Å². The summed E-state index contributed by atoms with van der Waals surface area (Å²) < 4.78 is 0. The lowest BCUT2D eigenvalue weighted by atomic mass is 10.2. The summed E-state index contributed by atoms with van der Waals surface area (Å²) in [7, 11) is 0. The molecule has 2 aromatic rings. The Bertz CT molecular complexity index is 565. The second-order valence-corrected chi connectivity index (χ2v) is 7.07. The number of piperazine rings is 1. The van der Waals surface area contributed by atoms with Crippen molar-refractivity contribution < 1.29 is 0 Å². The Morgan fingerprint density at radius 1 is 0.864 bits per heavy atom. The van der Waals surface area contributed by atoms with Crippen molar-refractivity contribution in [2.24, 2.45) is 0 Å². The highest BCUT2D eigenvalue weighted by atomic mass is 35.5. The van der Waals surface area contributed by atoms with Crippen LogP contribution < -0.4 is 4.90 Å². The Balaban J connectivity index is 1.41. The molecular weight excluding hydrogens is 312 g/mol. The van der Waals surface area contributed by atoms with Crippen molar-refractivity contribution >= 4 is 29.1 Å². The molecule has 0 atom stereocenters. The molecule has 0 aliphatic carbocycles. The molecule has 0 aromatic heterocycles. The van der Waals surface area contributed by atoms with Crippen molar-refractivity contribution in [2.45, 2.75) is 4.90 Å². The number of hydrogen-bond donors (Lipinski definition) is 0. The van der Waals surface area contributed by atoms with Crippen molar-refractivity contribution in [1.82, 2.24) is 4.90 Å². The van der Waals surface area contributed by atoms with Gasteiger partial charge in [0.25, 0.3) is 0 Å². The Labute approximate surface area is 142 Å². The number of halogens is 1. The van der Waals surface area contributed by atoms with E-state index < -0.39 is 0 Å². The van der Waals surface area contributed by atoms with Gasteiger partial charge in [-0.3, -0.25) is 4.90 Å². The first-order valence-electron chi connectivity index (χ1n) is 7.72. The SMILES string of the molecule is Clc1ccc(N2CCN(CCSc3ccccc3)CC2)cc1. The van der Waals surface area contributed by atoms with Crippen LogP contribution in [0, 0.1) is 0 Å². The molecule has 116 valence electrons. The van der Waals surface area contributed by atoms with Crippen LogP contribution in [0.2, 0.25) is 5.02 Å². The summed E-state index contributed by atoms with van der Waals surface area (Å²) in [4.78, 5) is 6.36. The standard InChI is InChI=1S/C18H21ClN2S/c19-16-6-8-17(9-7-16)21-12-10-20(11-13-21)14-15-22-18-4-2-1-3-5-18/h1-9H,10-15H2. The van der Waals surface area contributed by atoms with E-state index in [4.69, 9.17) is 11.6 Å². The van der Waals surface area contributed by atoms with Crippen LogP contribution in [0.5, 0.6) is 0 Å². The lowest BCUT2D eigenvalue weighted by Gasteiger charge is -2.36. The Morgan fingerprint density at radius 2 is 1.55 bits per heavy atom. The molecular formula is C18H21ClN2S. The van der Waals surface area contributed by atoms with Crippen molar-refractivity contribution in [2.75, 3.05) is 43.4 Å². The van der Waals surface area contributed by atoms with Crippen molar-refractivity contribution in [3.8, 4) is 0 Å². The normalized spacial score (nSPS) is 16.0. The lowest BCUT2D eigenvalue weighted by Crippen LogP contribution is -2.47.